The van der Waals surface area contributed by atoms with Crippen molar-refractivity contribution >= 4 is 5.91 Å². The van der Waals surface area contributed by atoms with E-state index in [1.165, 1.54) is 12.8 Å². The number of rotatable bonds is 5. The maximum Gasteiger partial charge on any atom is 0.220 e. The van der Waals surface area contributed by atoms with Gasteiger partial charge in [-0.15, -0.1) is 0 Å². The van der Waals surface area contributed by atoms with Gasteiger partial charge >= 0.3 is 0 Å². The Hall–Kier alpha value is -1.55. The SMILES string of the molecule is CC(NC(=O)CCC1CCNCC1)c1cccc(O)c1. The molecule has 0 radical (unpaired) electrons. The highest BCUT2D eigenvalue weighted by molar-refractivity contribution is 5.76. The molecule has 1 atom stereocenters. The van der Waals surface area contributed by atoms with Crippen LogP contribution in [-0.2, 0) is 4.79 Å². The van der Waals surface area contributed by atoms with Crippen LogP contribution in [0.5, 0.6) is 5.75 Å². The molecule has 1 unspecified atom stereocenters. The zero-order valence-corrected chi connectivity index (χ0v) is 12.1. The molecule has 1 amide bonds. The van der Waals surface area contributed by atoms with E-state index in [-0.39, 0.29) is 17.7 Å². The molecule has 0 aliphatic carbocycles. The van der Waals surface area contributed by atoms with Crippen molar-refractivity contribution in [3.63, 3.8) is 0 Å². The number of hydrogen-bond acceptors (Lipinski definition) is 3. The lowest BCUT2D eigenvalue weighted by Gasteiger charge is -2.22. The van der Waals surface area contributed by atoms with Crippen molar-refractivity contribution in [1.29, 1.82) is 0 Å². The molecule has 0 bridgehead atoms. The first-order chi connectivity index (χ1) is 9.65. The first-order valence-corrected chi connectivity index (χ1v) is 7.44. The van der Waals surface area contributed by atoms with E-state index in [1.54, 1.807) is 18.2 Å². The van der Waals surface area contributed by atoms with E-state index in [0.29, 0.717) is 12.3 Å². The lowest BCUT2D eigenvalue weighted by molar-refractivity contribution is -0.122. The van der Waals surface area contributed by atoms with Gasteiger partial charge in [-0.2, -0.15) is 0 Å². The lowest BCUT2D eigenvalue weighted by atomic mass is 9.93. The number of amides is 1. The standard InChI is InChI=1S/C16H24N2O2/c1-12(14-3-2-4-15(19)11-14)18-16(20)6-5-13-7-9-17-10-8-13/h2-4,11-13,17,19H,5-10H2,1H3,(H,18,20). The molecule has 0 spiro atoms. The van der Waals surface area contributed by atoms with Gasteiger partial charge in [0.15, 0.2) is 0 Å². The number of carbonyl (C=O) groups is 1. The van der Waals surface area contributed by atoms with Crippen LogP contribution in [0.4, 0.5) is 0 Å². The number of phenolic OH excluding ortho intramolecular Hbond substituents is 1. The first-order valence-electron chi connectivity index (χ1n) is 7.44. The van der Waals surface area contributed by atoms with Gasteiger partial charge in [-0.25, -0.2) is 0 Å². The summed E-state index contributed by atoms with van der Waals surface area (Å²) in [6.45, 7) is 4.09. The predicted molar refractivity (Wildman–Crippen MR) is 79.5 cm³/mol. The van der Waals surface area contributed by atoms with Crippen LogP contribution >= 0.6 is 0 Å². The first kappa shape index (κ1) is 14.9. The second kappa shape index (κ2) is 7.29. The Balaban J connectivity index is 1.76. The summed E-state index contributed by atoms with van der Waals surface area (Å²) in [5, 5.41) is 15.8. The van der Waals surface area contributed by atoms with Gasteiger partial charge in [0.25, 0.3) is 0 Å². The van der Waals surface area contributed by atoms with Crippen LogP contribution in [-0.4, -0.2) is 24.1 Å². The van der Waals surface area contributed by atoms with Gasteiger partial charge in [-0.1, -0.05) is 12.1 Å². The summed E-state index contributed by atoms with van der Waals surface area (Å²) in [5.74, 6) is 1.01. The molecule has 1 heterocycles. The number of hydrogen-bond donors (Lipinski definition) is 3. The van der Waals surface area contributed by atoms with E-state index in [4.69, 9.17) is 0 Å². The Morgan fingerprint density at radius 3 is 2.90 bits per heavy atom. The smallest absolute Gasteiger partial charge is 0.220 e. The summed E-state index contributed by atoms with van der Waals surface area (Å²) in [6.07, 6.45) is 3.92. The van der Waals surface area contributed by atoms with Crippen molar-refractivity contribution < 1.29 is 9.90 Å². The summed E-state index contributed by atoms with van der Waals surface area (Å²) >= 11 is 0. The van der Waals surface area contributed by atoms with Gasteiger partial charge in [0.2, 0.25) is 5.91 Å². The zero-order valence-electron chi connectivity index (χ0n) is 12.1. The average Bonchev–Trinajstić information content (AvgIpc) is 2.46. The van der Waals surface area contributed by atoms with Crippen LogP contribution in [0.3, 0.4) is 0 Å². The third kappa shape index (κ3) is 4.53. The second-order valence-electron chi connectivity index (χ2n) is 5.62. The van der Waals surface area contributed by atoms with E-state index < -0.39 is 0 Å². The number of carbonyl (C=O) groups excluding carboxylic acids is 1. The van der Waals surface area contributed by atoms with Gasteiger partial charge in [0.05, 0.1) is 6.04 Å². The highest BCUT2D eigenvalue weighted by Crippen LogP contribution is 2.20. The quantitative estimate of drug-likeness (QED) is 0.773. The van der Waals surface area contributed by atoms with Crippen LogP contribution in [0.25, 0.3) is 0 Å². The number of phenols is 1. The largest absolute Gasteiger partial charge is 0.508 e. The Morgan fingerprint density at radius 1 is 1.45 bits per heavy atom. The van der Waals surface area contributed by atoms with Crippen LogP contribution in [0.1, 0.15) is 44.2 Å². The lowest BCUT2D eigenvalue weighted by Crippen LogP contribution is -2.30. The van der Waals surface area contributed by atoms with Crippen LogP contribution < -0.4 is 10.6 Å². The molecule has 0 aromatic heterocycles. The van der Waals surface area contributed by atoms with Crippen molar-refractivity contribution in [2.24, 2.45) is 5.92 Å². The Labute approximate surface area is 120 Å². The highest BCUT2D eigenvalue weighted by Gasteiger charge is 2.15. The summed E-state index contributed by atoms with van der Waals surface area (Å²) in [5.41, 5.74) is 0.931. The van der Waals surface area contributed by atoms with Gasteiger partial charge in [-0.05, 0) is 62.9 Å². The number of piperidine rings is 1. The molecule has 4 heteroatoms. The van der Waals surface area contributed by atoms with Crippen molar-refractivity contribution in [3.8, 4) is 5.75 Å². The molecular formula is C16H24N2O2. The molecule has 110 valence electrons. The zero-order chi connectivity index (χ0) is 14.4. The monoisotopic (exact) mass is 276 g/mol. The number of benzene rings is 1. The summed E-state index contributed by atoms with van der Waals surface area (Å²) < 4.78 is 0. The van der Waals surface area contributed by atoms with Gasteiger partial charge in [0, 0.05) is 6.42 Å². The normalized spacial score (nSPS) is 17.6. The van der Waals surface area contributed by atoms with E-state index in [0.717, 1.165) is 25.1 Å². The number of aromatic hydroxyl groups is 1. The fourth-order valence-electron chi connectivity index (χ4n) is 2.70. The number of nitrogens with one attached hydrogen (secondary N) is 2. The molecule has 1 aromatic carbocycles. The summed E-state index contributed by atoms with van der Waals surface area (Å²) in [4.78, 5) is 12.0. The van der Waals surface area contributed by atoms with E-state index in [1.807, 2.05) is 13.0 Å². The fraction of sp³-hybridized carbons (Fsp3) is 0.562. The Morgan fingerprint density at radius 2 is 2.20 bits per heavy atom. The third-order valence-corrected chi connectivity index (χ3v) is 3.99. The van der Waals surface area contributed by atoms with Crippen molar-refractivity contribution in [2.45, 2.75) is 38.6 Å². The van der Waals surface area contributed by atoms with Gasteiger partial charge in [-0.3, -0.25) is 4.79 Å². The minimum Gasteiger partial charge on any atom is -0.508 e. The second-order valence-corrected chi connectivity index (χ2v) is 5.62. The van der Waals surface area contributed by atoms with Gasteiger partial charge in [0.1, 0.15) is 5.75 Å². The molecule has 3 N–H and O–H groups in total. The Kier molecular flexibility index (Phi) is 5.41. The van der Waals surface area contributed by atoms with E-state index in [9.17, 15) is 9.90 Å². The minimum atomic E-state index is -0.0670. The summed E-state index contributed by atoms with van der Waals surface area (Å²) in [7, 11) is 0. The average molecular weight is 276 g/mol. The van der Waals surface area contributed by atoms with Crippen LogP contribution in [0.2, 0.25) is 0 Å². The maximum atomic E-state index is 12.0. The molecule has 1 saturated heterocycles. The van der Waals surface area contributed by atoms with E-state index in [2.05, 4.69) is 10.6 Å². The van der Waals surface area contributed by atoms with Crippen molar-refractivity contribution in [3.05, 3.63) is 29.8 Å². The van der Waals surface area contributed by atoms with Crippen LogP contribution in [0, 0.1) is 5.92 Å². The molecular weight excluding hydrogens is 252 g/mol. The maximum absolute atomic E-state index is 12.0. The predicted octanol–water partition coefficient (Wildman–Crippen LogP) is 2.35. The molecule has 0 saturated carbocycles. The molecule has 4 nitrogen and oxygen atoms in total. The highest BCUT2D eigenvalue weighted by atomic mass is 16.3. The van der Waals surface area contributed by atoms with Crippen molar-refractivity contribution in [2.75, 3.05) is 13.1 Å². The molecule has 1 fully saturated rings. The minimum absolute atomic E-state index is 0.0670. The molecule has 2 rings (SSSR count). The third-order valence-electron chi connectivity index (χ3n) is 3.99. The van der Waals surface area contributed by atoms with E-state index >= 15 is 0 Å². The molecule has 20 heavy (non-hydrogen) atoms. The molecule has 1 aromatic rings. The van der Waals surface area contributed by atoms with Crippen molar-refractivity contribution in [1.82, 2.24) is 10.6 Å². The Bertz CT molecular complexity index is 442. The van der Waals surface area contributed by atoms with Crippen LogP contribution in [0.15, 0.2) is 24.3 Å². The topological polar surface area (TPSA) is 61.4 Å². The molecule has 1 aliphatic heterocycles. The summed E-state index contributed by atoms with van der Waals surface area (Å²) in [6, 6.07) is 6.97. The van der Waals surface area contributed by atoms with Gasteiger partial charge < -0.3 is 15.7 Å². The fourth-order valence-corrected chi connectivity index (χ4v) is 2.70. The molecule has 1 aliphatic rings.